The molecule has 0 spiro atoms. The van der Waals surface area contributed by atoms with Crippen LogP contribution in [0.1, 0.15) is 12.3 Å². The number of methoxy groups -OCH3 is 2. The maximum Gasteiger partial charge on any atom is 0.194 e. The van der Waals surface area contributed by atoms with E-state index in [-0.39, 0.29) is 0 Å². The lowest BCUT2D eigenvalue weighted by Crippen LogP contribution is -2.00. The van der Waals surface area contributed by atoms with Crippen molar-refractivity contribution in [1.82, 2.24) is 4.98 Å². The number of hydrogen-bond acceptors (Lipinski definition) is 5. The van der Waals surface area contributed by atoms with E-state index in [4.69, 9.17) is 19.6 Å². The summed E-state index contributed by atoms with van der Waals surface area (Å²) in [6.45, 7) is 0.629. The zero-order valence-electron chi connectivity index (χ0n) is 11.2. The van der Waals surface area contributed by atoms with Gasteiger partial charge in [-0.25, -0.2) is 4.98 Å². The molecule has 2 aromatic rings. The van der Waals surface area contributed by atoms with Crippen LogP contribution in [-0.4, -0.2) is 25.7 Å². The van der Waals surface area contributed by atoms with Crippen molar-refractivity contribution in [2.24, 2.45) is 5.73 Å². The summed E-state index contributed by atoms with van der Waals surface area (Å²) in [7, 11) is 3.23. The number of benzene rings is 1. The third-order valence-corrected chi connectivity index (χ3v) is 2.82. The van der Waals surface area contributed by atoms with Crippen LogP contribution in [0, 0.1) is 0 Å². The van der Waals surface area contributed by atoms with Crippen LogP contribution in [0.5, 0.6) is 11.5 Å². The largest absolute Gasteiger partial charge is 0.497 e. The molecule has 0 aliphatic rings. The van der Waals surface area contributed by atoms with Crippen molar-refractivity contribution < 1.29 is 13.9 Å². The first-order valence-electron chi connectivity index (χ1n) is 6.15. The van der Waals surface area contributed by atoms with Crippen LogP contribution in [0.25, 0.3) is 11.3 Å². The summed E-state index contributed by atoms with van der Waals surface area (Å²) in [5.41, 5.74) is 6.32. The second kappa shape index (κ2) is 6.24. The Balaban J connectivity index is 2.27. The zero-order chi connectivity index (χ0) is 13.7. The third-order valence-electron chi connectivity index (χ3n) is 2.82. The van der Waals surface area contributed by atoms with Gasteiger partial charge in [-0.3, -0.25) is 0 Å². The van der Waals surface area contributed by atoms with Crippen molar-refractivity contribution in [3.05, 3.63) is 30.3 Å². The minimum absolute atomic E-state index is 0.629. The monoisotopic (exact) mass is 262 g/mol. The molecule has 0 fully saturated rings. The Morgan fingerprint density at radius 3 is 2.79 bits per heavy atom. The topological polar surface area (TPSA) is 70.5 Å². The number of hydrogen-bond donors (Lipinski definition) is 1. The molecular weight excluding hydrogens is 244 g/mol. The fraction of sp³-hybridized carbons (Fsp3) is 0.357. The van der Waals surface area contributed by atoms with Crippen LogP contribution in [0.15, 0.2) is 28.8 Å². The Kier molecular flexibility index (Phi) is 4.41. The number of rotatable bonds is 6. The Bertz CT molecular complexity index is 537. The average Bonchev–Trinajstić information content (AvgIpc) is 2.92. The third kappa shape index (κ3) is 3.06. The Morgan fingerprint density at radius 1 is 1.26 bits per heavy atom. The van der Waals surface area contributed by atoms with E-state index in [1.807, 2.05) is 18.2 Å². The quantitative estimate of drug-likeness (QED) is 0.864. The van der Waals surface area contributed by atoms with E-state index in [0.717, 1.165) is 24.2 Å². The van der Waals surface area contributed by atoms with Gasteiger partial charge in [0.05, 0.1) is 26.0 Å². The van der Waals surface area contributed by atoms with Crippen LogP contribution in [0.3, 0.4) is 0 Å². The number of aromatic nitrogens is 1. The highest BCUT2D eigenvalue weighted by molar-refractivity contribution is 5.66. The van der Waals surface area contributed by atoms with Gasteiger partial charge >= 0.3 is 0 Å². The molecule has 0 unspecified atom stereocenters. The van der Waals surface area contributed by atoms with Gasteiger partial charge in [-0.15, -0.1) is 0 Å². The molecule has 5 heteroatoms. The molecule has 2 rings (SSSR count). The number of aryl methyl sites for hydroxylation is 1. The van der Waals surface area contributed by atoms with Crippen LogP contribution < -0.4 is 15.2 Å². The van der Waals surface area contributed by atoms with E-state index in [2.05, 4.69) is 4.98 Å². The molecule has 0 aliphatic heterocycles. The highest BCUT2D eigenvalue weighted by atomic mass is 16.5. The normalized spacial score (nSPS) is 10.5. The molecule has 0 amide bonds. The van der Waals surface area contributed by atoms with E-state index in [1.165, 1.54) is 0 Å². The summed E-state index contributed by atoms with van der Waals surface area (Å²) in [6.07, 6.45) is 3.31. The first kappa shape index (κ1) is 13.4. The van der Waals surface area contributed by atoms with Gasteiger partial charge in [-0.1, -0.05) is 0 Å². The minimum Gasteiger partial charge on any atom is -0.497 e. The highest BCUT2D eigenvalue weighted by Crippen LogP contribution is 2.33. The maximum absolute atomic E-state index is 5.70. The molecule has 0 atom stereocenters. The molecule has 0 aliphatic carbocycles. The van der Waals surface area contributed by atoms with E-state index in [1.54, 1.807) is 20.4 Å². The molecule has 102 valence electrons. The maximum atomic E-state index is 5.70. The SMILES string of the molecule is COc1ccc(-c2cnc(CCCN)o2)c(OC)c1. The zero-order valence-corrected chi connectivity index (χ0v) is 11.2. The number of ether oxygens (including phenoxy) is 2. The van der Waals surface area contributed by atoms with E-state index < -0.39 is 0 Å². The summed E-state index contributed by atoms with van der Waals surface area (Å²) in [4.78, 5) is 4.24. The molecule has 0 radical (unpaired) electrons. The van der Waals surface area contributed by atoms with Crippen LogP contribution in [0.2, 0.25) is 0 Å². The molecule has 19 heavy (non-hydrogen) atoms. The van der Waals surface area contributed by atoms with Gasteiger partial charge in [-0.2, -0.15) is 0 Å². The first-order chi connectivity index (χ1) is 9.28. The fourth-order valence-corrected chi connectivity index (χ4v) is 1.81. The van der Waals surface area contributed by atoms with Gasteiger partial charge in [0.15, 0.2) is 11.7 Å². The van der Waals surface area contributed by atoms with Crippen LogP contribution in [-0.2, 0) is 6.42 Å². The second-order valence-corrected chi connectivity index (χ2v) is 4.08. The van der Waals surface area contributed by atoms with Gasteiger partial charge in [0, 0.05) is 12.5 Å². The summed E-state index contributed by atoms with van der Waals surface area (Å²) in [5.74, 6) is 2.81. The van der Waals surface area contributed by atoms with Gasteiger partial charge in [0.25, 0.3) is 0 Å². The van der Waals surface area contributed by atoms with Crippen LogP contribution >= 0.6 is 0 Å². The van der Waals surface area contributed by atoms with E-state index in [0.29, 0.717) is 23.9 Å². The fourth-order valence-electron chi connectivity index (χ4n) is 1.81. The predicted molar refractivity (Wildman–Crippen MR) is 72.4 cm³/mol. The molecule has 1 aromatic heterocycles. The lowest BCUT2D eigenvalue weighted by atomic mass is 10.1. The van der Waals surface area contributed by atoms with Gasteiger partial charge in [0.2, 0.25) is 0 Å². The van der Waals surface area contributed by atoms with Crippen LogP contribution in [0.4, 0.5) is 0 Å². The molecule has 1 heterocycles. The highest BCUT2D eigenvalue weighted by Gasteiger charge is 2.12. The smallest absolute Gasteiger partial charge is 0.194 e. The Labute approximate surface area is 112 Å². The molecule has 5 nitrogen and oxygen atoms in total. The summed E-state index contributed by atoms with van der Waals surface area (Å²) in [5, 5.41) is 0. The Morgan fingerprint density at radius 2 is 2.11 bits per heavy atom. The molecular formula is C14H18N2O3. The van der Waals surface area contributed by atoms with Crippen molar-refractivity contribution in [1.29, 1.82) is 0 Å². The molecule has 1 aromatic carbocycles. The van der Waals surface area contributed by atoms with Crippen molar-refractivity contribution >= 4 is 0 Å². The Hall–Kier alpha value is -2.01. The molecule has 0 bridgehead atoms. The van der Waals surface area contributed by atoms with E-state index >= 15 is 0 Å². The summed E-state index contributed by atoms with van der Waals surface area (Å²) >= 11 is 0. The van der Waals surface area contributed by atoms with Crippen molar-refractivity contribution in [2.75, 3.05) is 20.8 Å². The van der Waals surface area contributed by atoms with Gasteiger partial charge < -0.3 is 19.6 Å². The molecule has 0 saturated carbocycles. The second-order valence-electron chi connectivity index (χ2n) is 4.08. The first-order valence-corrected chi connectivity index (χ1v) is 6.15. The molecule has 0 saturated heterocycles. The van der Waals surface area contributed by atoms with Gasteiger partial charge in [0.1, 0.15) is 11.5 Å². The standard InChI is InChI=1S/C14H18N2O3/c1-17-10-5-6-11(12(8-10)18-2)13-9-16-14(19-13)4-3-7-15/h5-6,8-9H,3-4,7,15H2,1-2H3. The molecule has 2 N–H and O–H groups in total. The number of nitrogens with zero attached hydrogens (tertiary/aromatic N) is 1. The number of oxazole rings is 1. The lowest BCUT2D eigenvalue weighted by molar-refractivity contribution is 0.394. The van der Waals surface area contributed by atoms with Crippen molar-refractivity contribution in [3.8, 4) is 22.8 Å². The average molecular weight is 262 g/mol. The minimum atomic E-state index is 0.629. The lowest BCUT2D eigenvalue weighted by Gasteiger charge is -2.07. The summed E-state index contributed by atoms with van der Waals surface area (Å²) < 4.78 is 16.2. The van der Waals surface area contributed by atoms with Crippen molar-refractivity contribution in [2.45, 2.75) is 12.8 Å². The summed E-state index contributed by atoms with van der Waals surface area (Å²) in [6, 6.07) is 5.57. The number of nitrogens with two attached hydrogens (primary N) is 1. The van der Waals surface area contributed by atoms with Gasteiger partial charge in [-0.05, 0) is 25.1 Å². The van der Waals surface area contributed by atoms with Crippen molar-refractivity contribution in [3.63, 3.8) is 0 Å². The van der Waals surface area contributed by atoms with E-state index in [9.17, 15) is 0 Å². The predicted octanol–water partition coefficient (Wildman–Crippen LogP) is 2.25.